The molecule has 1 heterocycles. The molecule has 2 fully saturated rings. The molecule has 2 N–H and O–H groups in total. The predicted octanol–water partition coefficient (Wildman–Crippen LogP) is 4.39. The van der Waals surface area contributed by atoms with Crippen molar-refractivity contribution in [2.24, 2.45) is 4.99 Å². The predicted molar refractivity (Wildman–Crippen MR) is 122 cm³/mol. The summed E-state index contributed by atoms with van der Waals surface area (Å²) in [5.74, 6) is 0.737. The van der Waals surface area contributed by atoms with Gasteiger partial charge < -0.3 is 15.5 Å². The number of rotatable bonds is 5. The lowest BCUT2D eigenvalue weighted by molar-refractivity contribution is -0.137. The van der Waals surface area contributed by atoms with Crippen LogP contribution in [0.3, 0.4) is 0 Å². The van der Waals surface area contributed by atoms with Crippen LogP contribution in [-0.2, 0) is 11.6 Å². The third-order valence-corrected chi connectivity index (χ3v) is 6.07. The first-order valence-corrected chi connectivity index (χ1v) is 10.1. The third-order valence-electron chi connectivity index (χ3n) is 6.07. The molecule has 0 atom stereocenters. The van der Waals surface area contributed by atoms with Crippen molar-refractivity contribution < 1.29 is 13.2 Å². The smallest absolute Gasteiger partial charge is 0.356 e. The Bertz CT molecular complexity index is 693. The third kappa shape index (κ3) is 6.23. The molecule has 0 bridgehead atoms. The van der Waals surface area contributed by atoms with E-state index >= 15 is 0 Å². The molecule has 0 unspecified atom stereocenters. The Morgan fingerprint density at radius 3 is 2.41 bits per heavy atom. The van der Waals surface area contributed by atoms with E-state index in [0.717, 1.165) is 56.4 Å². The number of aliphatic imine (C=N–C) groups is 1. The molecule has 1 saturated carbocycles. The summed E-state index contributed by atoms with van der Waals surface area (Å²) in [5.41, 5.74) is -0.0360. The van der Waals surface area contributed by atoms with Gasteiger partial charge in [0.15, 0.2) is 5.96 Å². The van der Waals surface area contributed by atoms with E-state index in [2.05, 4.69) is 34.4 Å². The minimum absolute atomic E-state index is 0. The molecular weight excluding hydrogens is 492 g/mol. The molecule has 29 heavy (non-hydrogen) atoms. The van der Waals surface area contributed by atoms with E-state index in [1.54, 1.807) is 7.05 Å². The standard InChI is InChI=1S/C21H31F3N4.HI/c1-15(2)28-11-7-18(8-12-28)27-19(25-3)26-14-20(9-10-20)16-5-4-6-17(13-16)21(22,23)24;/h4-6,13,15,18H,7-12,14H2,1-3H3,(H2,25,26,27);1H. The van der Waals surface area contributed by atoms with Crippen LogP contribution in [0.25, 0.3) is 0 Å². The van der Waals surface area contributed by atoms with Gasteiger partial charge in [0.25, 0.3) is 0 Å². The molecule has 0 aromatic heterocycles. The van der Waals surface area contributed by atoms with Crippen LogP contribution >= 0.6 is 24.0 Å². The molecule has 1 aliphatic carbocycles. The van der Waals surface area contributed by atoms with Crippen molar-refractivity contribution in [3.8, 4) is 0 Å². The largest absolute Gasteiger partial charge is 0.416 e. The summed E-state index contributed by atoms with van der Waals surface area (Å²) in [6, 6.07) is 6.70. The Morgan fingerprint density at radius 1 is 1.24 bits per heavy atom. The van der Waals surface area contributed by atoms with Crippen molar-refractivity contribution in [1.82, 2.24) is 15.5 Å². The highest BCUT2D eigenvalue weighted by Crippen LogP contribution is 2.48. The Hall–Kier alpha value is -1.03. The van der Waals surface area contributed by atoms with Crippen molar-refractivity contribution in [2.45, 2.75) is 63.2 Å². The van der Waals surface area contributed by atoms with E-state index in [9.17, 15) is 13.2 Å². The van der Waals surface area contributed by atoms with Gasteiger partial charge in [0.2, 0.25) is 0 Å². The van der Waals surface area contributed by atoms with E-state index in [-0.39, 0.29) is 29.4 Å². The summed E-state index contributed by atoms with van der Waals surface area (Å²) in [5, 5.41) is 6.84. The zero-order valence-corrected chi connectivity index (χ0v) is 19.7. The number of nitrogens with zero attached hydrogens (tertiary/aromatic N) is 2. The highest BCUT2D eigenvalue weighted by Gasteiger charge is 2.45. The lowest BCUT2D eigenvalue weighted by atomic mass is 9.94. The summed E-state index contributed by atoms with van der Waals surface area (Å²) in [4.78, 5) is 6.79. The van der Waals surface area contributed by atoms with Crippen molar-refractivity contribution in [3.63, 3.8) is 0 Å². The number of likely N-dealkylation sites (tertiary alicyclic amines) is 1. The number of hydrogen-bond acceptors (Lipinski definition) is 2. The summed E-state index contributed by atoms with van der Waals surface area (Å²) in [6.45, 7) is 7.17. The van der Waals surface area contributed by atoms with Crippen LogP contribution in [0.1, 0.15) is 50.7 Å². The molecule has 0 radical (unpaired) electrons. The van der Waals surface area contributed by atoms with Crippen molar-refractivity contribution in [3.05, 3.63) is 35.4 Å². The molecule has 1 saturated heterocycles. The van der Waals surface area contributed by atoms with Gasteiger partial charge in [-0.3, -0.25) is 4.99 Å². The number of guanidine groups is 1. The Labute approximate surface area is 188 Å². The maximum absolute atomic E-state index is 13.0. The molecule has 164 valence electrons. The van der Waals surface area contributed by atoms with Crippen molar-refractivity contribution in [1.29, 1.82) is 0 Å². The van der Waals surface area contributed by atoms with E-state index in [0.29, 0.717) is 18.6 Å². The number of piperidine rings is 1. The molecule has 1 aromatic carbocycles. The number of alkyl halides is 3. The summed E-state index contributed by atoms with van der Waals surface area (Å²) < 4.78 is 39.1. The second-order valence-electron chi connectivity index (χ2n) is 8.33. The maximum Gasteiger partial charge on any atom is 0.416 e. The summed E-state index contributed by atoms with van der Waals surface area (Å²) in [7, 11) is 1.74. The van der Waals surface area contributed by atoms with Crippen LogP contribution in [0.2, 0.25) is 0 Å². The van der Waals surface area contributed by atoms with Crippen LogP contribution in [-0.4, -0.2) is 49.6 Å². The number of halogens is 4. The van der Waals surface area contributed by atoms with Gasteiger partial charge in [0.05, 0.1) is 5.56 Å². The fraction of sp³-hybridized carbons (Fsp3) is 0.667. The van der Waals surface area contributed by atoms with Gasteiger partial charge in [-0.25, -0.2) is 0 Å². The minimum atomic E-state index is -4.30. The average Bonchev–Trinajstić information content (AvgIpc) is 3.46. The first kappa shape index (κ1) is 24.2. The molecule has 1 aliphatic heterocycles. The first-order valence-electron chi connectivity index (χ1n) is 10.1. The normalized spacial score (nSPS) is 20.3. The molecule has 1 aromatic rings. The quantitative estimate of drug-likeness (QED) is 0.341. The monoisotopic (exact) mass is 524 g/mol. The average molecular weight is 524 g/mol. The number of nitrogens with one attached hydrogen (secondary N) is 2. The molecule has 0 amide bonds. The highest BCUT2D eigenvalue weighted by molar-refractivity contribution is 14.0. The van der Waals surface area contributed by atoms with Gasteiger partial charge >= 0.3 is 6.18 Å². The van der Waals surface area contributed by atoms with Gasteiger partial charge in [0.1, 0.15) is 0 Å². The van der Waals surface area contributed by atoms with Gasteiger partial charge in [-0.05, 0) is 51.2 Å². The minimum Gasteiger partial charge on any atom is -0.356 e. The Balaban J connectivity index is 0.00000300. The van der Waals surface area contributed by atoms with Crippen LogP contribution in [0, 0.1) is 0 Å². The lowest BCUT2D eigenvalue weighted by Gasteiger charge is -2.35. The van der Waals surface area contributed by atoms with Gasteiger partial charge in [-0.1, -0.05) is 18.2 Å². The van der Waals surface area contributed by atoms with E-state index < -0.39 is 11.7 Å². The molecule has 8 heteroatoms. The first-order chi connectivity index (χ1) is 13.2. The SMILES string of the molecule is CN=C(NCC1(c2cccc(C(F)(F)F)c2)CC1)NC1CCN(C(C)C)CC1.I. The van der Waals surface area contributed by atoms with E-state index in [1.807, 2.05) is 6.07 Å². The van der Waals surface area contributed by atoms with Crippen LogP contribution in [0.5, 0.6) is 0 Å². The van der Waals surface area contributed by atoms with Crippen LogP contribution in [0.15, 0.2) is 29.3 Å². The summed E-state index contributed by atoms with van der Waals surface area (Å²) >= 11 is 0. The van der Waals surface area contributed by atoms with Crippen molar-refractivity contribution in [2.75, 3.05) is 26.7 Å². The maximum atomic E-state index is 13.0. The molecular formula is C21H32F3IN4. The zero-order chi connectivity index (χ0) is 20.4. The summed E-state index contributed by atoms with van der Waals surface area (Å²) in [6.07, 6.45) is -0.382. The lowest BCUT2D eigenvalue weighted by Crippen LogP contribution is -2.50. The van der Waals surface area contributed by atoms with E-state index in [1.165, 1.54) is 12.1 Å². The fourth-order valence-corrected chi connectivity index (χ4v) is 3.94. The number of benzene rings is 1. The zero-order valence-electron chi connectivity index (χ0n) is 17.4. The van der Waals surface area contributed by atoms with E-state index in [4.69, 9.17) is 0 Å². The molecule has 2 aliphatic rings. The second kappa shape index (κ2) is 9.85. The number of hydrogen-bond donors (Lipinski definition) is 2. The van der Waals surface area contributed by atoms with Crippen LogP contribution < -0.4 is 10.6 Å². The second-order valence-corrected chi connectivity index (χ2v) is 8.33. The fourth-order valence-electron chi connectivity index (χ4n) is 3.94. The molecule has 3 rings (SSSR count). The Kier molecular flexibility index (Phi) is 8.23. The van der Waals surface area contributed by atoms with Crippen LogP contribution in [0.4, 0.5) is 13.2 Å². The molecule has 0 spiro atoms. The topological polar surface area (TPSA) is 39.7 Å². The van der Waals surface area contributed by atoms with Gasteiger partial charge in [-0.2, -0.15) is 13.2 Å². The van der Waals surface area contributed by atoms with Crippen molar-refractivity contribution >= 4 is 29.9 Å². The Morgan fingerprint density at radius 2 is 1.90 bits per heavy atom. The highest BCUT2D eigenvalue weighted by atomic mass is 127. The molecule has 4 nitrogen and oxygen atoms in total. The van der Waals surface area contributed by atoms with Gasteiger partial charge in [-0.15, -0.1) is 24.0 Å². The van der Waals surface area contributed by atoms with Gasteiger partial charge in [0, 0.05) is 44.2 Å².